The number of halogens is 2. The maximum absolute atomic E-state index is 13.3. The molecular weight excluding hydrogens is 327 g/mol. The molecule has 2 rings (SSSR count). The van der Waals surface area contributed by atoms with E-state index in [1.807, 2.05) is 13.0 Å². The number of hydrogen-bond donors (Lipinski definition) is 1. The molecule has 0 fully saturated rings. The molecule has 106 valence electrons. The summed E-state index contributed by atoms with van der Waals surface area (Å²) in [7, 11) is 1.67. The molecule has 2 N–H and O–H groups in total. The van der Waals surface area contributed by atoms with Crippen LogP contribution in [0.1, 0.15) is 21.7 Å². The summed E-state index contributed by atoms with van der Waals surface area (Å²) >= 11 is 3.18. The first kappa shape index (κ1) is 14.6. The molecular formula is C14H14BrFN2O2. The highest BCUT2D eigenvalue weighted by atomic mass is 79.9. The molecule has 0 unspecified atom stereocenters. The van der Waals surface area contributed by atoms with Gasteiger partial charge in [-0.3, -0.25) is 4.79 Å². The summed E-state index contributed by atoms with van der Waals surface area (Å²) in [6, 6.07) is 4.34. The number of furan rings is 1. The van der Waals surface area contributed by atoms with Crippen LogP contribution in [0.2, 0.25) is 0 Å². The first-order chi connectivity index (χ1) is 9.40. The van der Waals surface area contributed by atoms with Crippen molar-refractivity contribution in [2.75, 3.05) is 12.8 Å². The van der Waals surface area contributed by atoms with E-state index in [1.165, 1.54) is 17.0 Å². The van der Waals surface area contributed by atoms with Crippen LogP contribution in [0.5, 0.6) is 0 Å². The lowest BCUT2D eigenvalue weighted by Gasteiger charge is -2.18. The molecule has 2 aromatic rings. The van der Waals surface area contributed by atoms with Gasteiger partial charge >= 0.3 is 0 Å². The molecule has 0 saturated heterocycles. The summed E-state index contributed by atoms with van der Waals surface area (Å²) in [6.45, 7) is 2.24. The van der Waals surface area contributed by atoms with E-state index in [0.29, 0.717) is 16.6 Å². The highest BCUT2D eigenvalue weighted by Gasteiger charge is 2.18. The van der Waals surface area contributed by atoms with Crippen molar-refractivity contribution in [3.63, 3.8) is 0 Å². The largest absolute Gasteiger partial charge is 0.469 e. The molecule has 4 nitrogen and oxygen atoms in total. The first-order valence-corrected chi connectivity index (χ1v) is 6.72. The predicted molar refractivity (Wildman–Crippen MR) is 77.8 cm³/mol. The van der Waals surface area contributed by atoms with Gasteiger partial charge in [0.05, 0.1) is 17.5 Å². The molecule has 0 spiro atoms. The fourth-order valence-corrected chi connectivity index (χ4v) is 2.32. The molecule has 1 heterocycles. The second-order valence-corrected chi connectivity index (χ2v) is 5.37. The van der Waals surface area contributed by atoms with Crippen molar-refractivity contribution >= 4 is 27.5 Å². The van der Waals surface area contributed by atoms with Crippen LogP contribution in [-0.4, -0.2) is 17.9 Å². The topological polar surface area (TPSA) is 59.5 Å². The Balaban J connectivity index is 2.23. The number of benzene rings is 1. The van der Waals surface area contributed by atoms with Crippen LogP contribution in [0.25, 0.3) is 0 Å². The minimum absolute atomic E-state index is 0.0514. The highest BCUT2D eigenvalue weighted by molar-refractivity contribution is 9.10. The molecule has 0 aliphatic carbocycles. The maximum Gasteiger partial charge on any atom is 0.255 e. The summed E-state index contributed by atoms with van der Waals surface area (Å²) in [5.41, 5.74) is 6.70. The average Bonchev–Trinajstić information content (AvgIpc) is 2.78. The Morgan fingerprint density at radius 3 is 2.80 bits per heavy atom. The lowest BCUT2D eigenvalue weighted by molar-refractivity contribution is 0.0784. The van der Waals surface area contributed by atoms with Crippen LogP contribution in [-0.2, 0) is 6.54 Å². The third-order valence-electron chi connectivity index (χ3n) is 3.04. The fourth-order valence-electron chi connectivity index (χ4n) is 1.84. The van der Waals surface area contributed by atoms with E-state index in [-0.39, 0.29) is 11.6 Å². The van der Waals surface area contributed by atoms with E-state index in [1.54, 1.807) is 13.3 Å². The Hall–Kier alpha value is -1.82. The Bertz CT molecular complexity index is 655. The van der Waals surface area contributed by atoms with Crippen molar-refractivity contribution in [2.24, 2.45) is 0 Å². The summed E-state index contributed by atoms with van der Waals surface area (Å²) in [5, 5.41) is 0. The summed E-state index contributed by atoms with van der Waals surface area (Å²) < 4.78 is 18.9. The number of nitrogens with two attached hydrogens (primary N) is 1. The molecule has 6 heteroatoms. The van der Waals surface area contributed by atoms with E-state index in [4.69, 9.17) is 10.2 Å². The number of aryl methyl sites for hydroxylation is 1. The molecule has 0 aliphatic heterocycles. The zero-order chi connectivity index (χ0) is 14.9. The number of anilines is 1. The normalized spacial score (nSPS) is 10.6. The van der Waals surface area contributed by atoms with Crippen molar-refractivity contribution in [3.8, 4) is 0 Å². The van der Waals surface area contributed by atoms with Crippen molar-refractivity contribution < 1.29 is 13.6 Å². The van der Waals surface area contributed by atoms with Crippen LogP contribution in [0.4, 0.5) is 10.1 Å². The van der Waals surface area contributed by atoms with E-state index >= 15 is 0 Å². The van der Waals surface area contributed by atoms with E-state index in [0.717, 1.165) is 11.3 Å². The number of carbonyl (C=O) groups is 1. The SMILES string of the molecule is Cc1occc1CN(C)C(=O)c1cc(N)c(F)cc1Br. The molecule has 0 saturated carbocycles. The van der Waals surface area contributed by atoms with Gasteiger partial charge in [-0.1, -0.05) is 0 Å². The quantitative estimate of drug-likeness (QED) is 0.871. The number of hydrogen-bond acceptors (Lipinski definition) is 3. The van der Waals surface area contributed by atoms with Crippen molar-refractivity contribution in [2.45, 2.75) is 13.5 Å². The van der Waals surface area contributed by atoms with Gasteiger partial charge in [0.2, 0.25) is 0 Å². The molecule has 1 aromatic heterocycles. The van der Waals surface area contributed by atoms with Gasteiger partial charge in [-0.25, -0.2) is 4.39 Å². The van der Waals surface area contributed by atoms with E-state index in [9.17, 15) is 9.18 Å². The monoisotopic (exact) mass is 340 g/mol. The smallest absolute Gasteiger partial charge is 0.255 e. The minimum atomic E-state index is -0.554. The maximum atomic E-state index is 13.3. The third kappa shape index (κ3) is 2.85. The second-order valence-electron chi connectivity index (χ2n) is 4.52. The van der Waals surface area contributed by atoms with Crippen molar-refractivity contribution in [3.05, 3.63) is 51.6 Å². The Morgan fingerprint density at radius 2 is 2.20 bits per heavy atom. The lowest BCUT2D eigenvalue weighted by atomic mass is 10.1. The molecule has 0 atom stereocenters. The molecule has 1 amide bonds. The van der Waals surface area contributed by atoms with Crippen LogP contribution in [0.15, 0.2) is 33.4 Å². The lowest BCUT2D eigenvalue weighted by Crippen LogP contribution is -2.26. The highest BCUT2D eigenvalue weighted by Crippen LogP contribution is 2.24. The van der Waals surface area contributed by atoms with Gasteiger partial charge in [-0.2, -0.15) is 0 Å². The zero-order valence-electron chi connectivity index (χ0n) is 11.1. The Morgan fingerprint density at radius 1 is 1.50 bits per heavy atom. The van der Waals surface area contributed by atoms with Crippen LogP contribution >= 0.6 is 15.9 Å². The number of amides is 1. The number of nitrogens with zero attached hydrogens (tertiary/aromatic N) is 1. The fraction of sp³-hybridized carbons (Fsp3) is 0.214. The molecule has 1 aromatic carbocycles. The Labute approximate surface area is 124 Å². The van der Waals surface area contributed by atoms with Crippen LogP contribution in [0, 0.1) is 12.7 Å². The average molecular weight is 341 g/mol. The predicted octanol–water partition coefficient (Wildman–Crippen LogP) is 3.34. The number of carbonyl (C=O) groups excluding carboxylic acids is 1. The van der Waals surface area contributed by atoms with Gasteiger partial charge in [0.25, 0.3) is 5.91 Å². The summed E-state index contributed by atoms with van der Waals surface area (Å²) in [4.78, 5) is 13.9. The van der Waals surface area contributed by atoms with Gasteiger partial charge in [-0.05, 0) is 41.1 Å². The Kier molecular flexibility index (Phi) is 4.13. The van der Waals surface area contributed by atoms with Gasteiger partial charge < -0.3 is 15.1 Å². The standard InChI is InChI=1S/C14H14BrFN2O2/c1-8-9(3-4-20-8)7-18(2)14(19)10-5-13(17)12(16)6-11(10)15/h3-6H,7,17H2,1-2H3. The van der Waals surface area contributed by atoms with Gasteiger partial charge in [0, 0.05) is 23.6 Å². The third-order valence-corrected chi connectivity index (χ3v) is 3.69. The first-order valence-electron chi connectivity index (χ1n) is 5.93. The van der Waals surface area contributed by atoms with Gasteiger partial charge in [0.15, 0.2) is 0 Å². The molecule has 0 radical (unpaired) electrons. The summed E-state index contributed by atoms with van der Waals surface area (Å²) in [6.07, 6.45) is 1.58. The van der Waals surface area contributed by atoms with E-state index in [2.05, 4.69) is 15.9 Å². The van der Waals surface area contributed by atoms with Crippen LogP contribution < -0.4 is 5.73 Å². The van der Waals surface area contributed by atoms with E-state index < -0.39 is 5.82 Å². The van der Waals surface area contributed by atoms with Gasteiger partial charge in [-0.15, -0.1) is 0 Å². The van der Waals surface area contributed by atoms with Gasteiger partial charge in [0.1, 0.15) is 11.6 Å². The zero-order valence-corrected chi connectivity index (χ0v) is 12.7. The number of nitrogen functional groups attached to an aromatic ring is 1. The summed E-state index contributed by atoms with van der Waals surface area (Å²) in [5.74, 6) is -0.0340. The minimum Gasteiger partial charge on any atom is -0.469 e. The van der Waals surface area contributed by atoms with Crippen molar-refractivity contribution in [1.29, 1.82) is 0 Å². The van der Waals surface area contributed by atoms with Crippen molar-refractivity contribution in [1.82, 2.24) is 4.90 Å². The molecule has 0 bridgehead atoms. The number of rotatable bonds is 3. The second kappa shape index (κ2) is 5.66. The molecule has 0 aliphatic rings. The molecule has 20 heavy (non-hydrogen) atoms. The van der Waals surface area contributed by atoms with Crippen LogP contribution in [0.3, 0.4) is 0 Å².